The number of halogens is 4. The molecule has 0 aliphatic carbocycles. The second kappa shape index (κ2) is 9.23. The zero-order chi connectivity index (χ0) is 23.9. The van der Waals surface area contributed by atoms with E-state index in [0.29, 0.717) is 5.75 Å². The summed E-state index contributed by atoms with van der Waals surface area (Å²) in [5, 5.41) is -0.525. The first-order chi connectivity index (χ1) is 15.7. The topological polar surface area (TPSA) is 72.9 Å². The molecular formula is C23H13Cl4NO5. The van der Waals surface area contributed by atoms with E-state index in [9.17, 15) is 14.4 Å². The van der Waals surface area contributed by atoms with Gasteiger partial charge in [0.15, 0.2) is 6.61 Å². The van der Waals surface area contributed by atoms with Crippen LogP contribution < -0.4 is 14.4 Å². The lowest BCUT2D eigenvalue weighted by atomic mass is 10.1. The Morgan fingerprint density at radius 2 is 1.36 bits per heavy atom. The molecule has 1 heterocycles. The highest BCUT2D eigenvalue weighted by atomic mass is 35.5. The van der Waals surface area contributed by atoms with Crippen LogP contribution in [0.15, 0.2) is 48.5 Å². The molecule has 0 N–H and O–H groups in total. The SMILES string of the molecule is Cc1ccccc1OCC(=O)Oc1ccc(N2C(=O)c3c(Cl)c(Cl)c(Cl)c(Cl)c3C2=O)cc1. The largest absolute Gasteiger partial charge is 0.482 e. The van der Waals surface area contributed by atoms with Crippen LogP contribution in [0.5, 0.6) is 11.5 Å². The van der Waals surface area contributed by atoms with Crippen LogP contribution in [-0.2, 0) is 4.79 Å². The lowest BCUT2D eigenvalue weighted by Gasteiger charge is -2.14. The van der Waals surface area contributed by atoms with Crippen LogP contribution in [-0.4, -0.2) is 24.4 Å². The minimum Gasteiger partial charge on any atom is -0.482 e. The summed E-state index contributed by atoms with van der Waals surface area (Å²) in [5.41, 5.74) is 0.866. The molecule has 3 aromatic rings. The molecule has 0 aromatic heterocycles. The van der Waals surface area contributed by atoms with Gasteiger partial charge in [-0.2, -0.15) is 0 Å². The van der Waals surface area contributed by atoms with Gasteiger partial charge in [-0.05, 0) is 42.8 Å². The third kappa shape index (κ3) is 4.27. The molecule has 0 radical (unpaired) electrons. The summed E-state index contributed by atoms with van der Waals surface area (Å²) in [6.45, 7) is 1.57. The predicted molar refractivity (Wildman–Crippen MR) is 126 cm³/mol. The maximum absolute atomic E-state index is 12.9. The Hall–Kier alpha value is -2.77. The van der Waals surface area contributed by atoms with Crippen molar-refractivity contribution in [1.82, 2.24) is 0 Å². The quantitative estimate of drug-likeness (QED) is 0.127. The van der Waals surface area contributed by atoms with Gasteiger partial charge in [-0.3, -0.25) is 9.59 Å². The Morgan fingerprint density at radius 3 is 1.91 bits per heavy atom. The van der Waals surface area contributed by atoms with Crippen molar-refractivity contribution in [3.63, 3.8) is 0 Å². The molecule has 2 amide bonds. The fraction of sp³-hybridized carbons (Fsp3) is 0.0870. The van der Waals surface area contributed by atoms with Crippen molar-refractivity contribution in [1.29, 1.82) is 0 Å². The molecule has 0 bridgehead atoms. The molecule has 33 heavy (non-hydrogen) atoms. The molecule has 0 spiro atoms. The number of hydrogen-bond donors (Lipinski definition) is 0. The predicted octanol–water partition coefficient (Wildman–Crippen LogP) is 6.39. The molecule has 168 valence electrons. The van der Waals surface area contributed by atoms with Crippen molar-refractivity contribution in [2.75, 3.05) is 11.5 Å². The van der Waals surface area contributed by atoms with Gasteiger partial charge in [-0.15, -0.1) is 0 Å². The lowest BCUT2D eigenvalue weighted by molar-refractivity contribution is -0.136. The summed E-state index contributed by atoms with van der Waals surface area (Å²) in [5.74, 6) is -1.23. The van der Waals surface area contributed by atoms with E-state index in [4.69, 9.17) is 55.9 Å². The van der Waals surface area contributed by atoms with Crippen molar-refractivity contribution >= 4 is 69.9 Å². The zero-order valence-corrected chi connectivity index (χ0v) is 19.8. The van der Waals surface area contributed by atoms with Crippen LogP contribution in [0.25, 0.3) is 0 Å². The molecule has 4 rings (SSSR count). The number of fused-ring (bicyclic) bond motifs is 1. The van der Waals surface area contributed by atoms with Gasteiger partial charge in [0.2, 0.25) is 0 Å². The van der Waals surface area contributed by atoms with Gasteiger partial charge >= 0.3 is 5.97 Å². The number of nitrogens with zero attached hydrogens (tertiary/aromatic N) is 1. The van der Waals surface area contributed by atoms with E-state index in [-0.39, 0.29) is 49.3 Å². The number of ether oxygens (including phenoxy) is 2. The second-order valence-corrected chi connectivity index (χ2v) is 8.49. The number of carbonyl (C=O) groups excluding carboxylic acids is 3. The van der Waals surface area contributed by atoms with Gasteiger partial charge in [0, 0.05) is 0 Å². The number of rotatable bonds is 5. The fourth-order valence-electron chi connectivity index (χ4n) is 3.26. The zero-order valence-electron chi connectivity index (χ0n) is 16.8. The Bertz CT molecular complexity index is 1260. The number of amides is 2. The first-order valence-electron chi connectivity index (χ1n) is 9.44. The van der Waals surface area contributed by atoms with E-state index in [1.165, 1.54) is 24.3 Å². The standard InChI is InChI=1S/C23H13Cl4NO5/c1-11-4-2-3-5-14(11)32-10-15(29)33-13-8-6-12(7-9-13)28-22(30)16-17(23(28)31)19(25)21(27)20(26)18(16)24/h2-9H,10H2,1H3. The summed E-state index contributed by atoms with van der Waals surface area (Å²) in [6, 6.07) is 13.0. The number of aryl methyl sites for hydroxylation is 1. The molecule has 0 fully saturated rings. The van der Waals surface area contributed by atoms with Gasteiger partial charge in [0.25, 0.3) is 11.8 Å². The molecule has 0 unspecified atom stereocenters. The number of esters is 1. The molecule has 10 heteroatoms. The van der Waals surface area contributed by atoms with Crippen LogP contribution in [0.1, 0.15) is 26.3 Å². The number of anilines is 1. The summed E-state index contributed by atoms with van der Waals surface area (Å²) < 4.78 is 10.7. The molecule has 1 aliphatic heterocycles. The van der Waals surface area contributed by atoms with E-state index in [0.717, 1.165) is 10.5 Å². The lowest BCUT2D eigenvalue weighted by Crippen LogP contribution is -2.29. The number of imide groups is 1. The minimum atomic E-state index is -0.697. The number of carbonyl (C=O) groups is 3. The monoisotopic (exact) mass is 523 g/mol. The van der Waals surface area contributed by atoms with Crippen LogP contribution >= 0.6 is 46.4 Å². The van der Waals surface area contributed by atoms with E-state index < -0.39 is 17.8 Å². The van der Waals surface area contributed by atoms with Crippen LogP contribution in [0.4, 0.5) is 5.69 Å². The van der Waals surface area contributed by atoms with E-state index in [1.54, 1.807) is 12.1 Å². The molecule has 0 saturated heterocycles. The van der Waals surface area contributed by atoms with Crippen molar-refractivity contribution < 1.29 is 23.9 Å². The van der Waals surface area contributed by atoms with Crippen LogP contribution in [0.3, 0.4) is 0 Å². The Morgan fingerprint density at radius 1 is 0.818 bits per heavy atom. The van der Waals surface area contributed by atoms with Crippen LogP contribution in [0, 0.1) is 6.92 Å². The molecule has 3 aromatic carbocycles. The molecule has 1 aliphatic rings. The van der Waals surface area contributed by atoms with Gasteiger partial charge in [0.1, 0.15) is 11.5 Å². The third-order valence-corrected chi connectivity index (χ3v) is 6.67. The first kappa shape index (κ1) is 23.4. The second-order valence-electron chi connectivity index (χ2n) is 6.97. The number of hydrogen-bond acceptors (Lipinski definition) is 5. The molecule has 6 nitrogen and oxygen atoms in total. The van der Waals surface area contributed by atoms with Gasteiger partial charge in [-0.1, -0.05) is 64.6 Å². The third-order valence-electron chi connectivity index (χ3n) is 4.87. The maximum atomic E-state index is 12.9. The Labute approximate surface area is 208 Å². The minimum absolute atomic E-state index is 0.111. The average Bonchev–Trinajstić information content (AvgIpc) is 3.06. The highest BCUT2D eigenvalue weighted by Crippen LogP contribution is 2.45. The van der Waals surface area contributed by atoms with E-state index >= 15 is 0 Å². The van der Waals surface area contributed by atoms with Crippen molar-refractivity contribution in [2.45, 2.75) is 6.92 Å². The normalized spacial score (nSPS) is 12.7. The van der Waals surface area contributed by atoms with E-state index in [2.05, 4.69) is 0 Å². The van der Waals surface area contributed by atoms with Crippen molar-refractivity contribution in [3.8, 4) is 11.5 Å². The summed E-state index contributed by atoms with van der Waals surface area (Å²) >= 11 is 24.4. The Kier molecular flexibility index (Phi) is 6.54. The van der Waals surface area contributed by atoms with Crippen LogP contribution in [0.2, 0.25) is 20.1 Å². The highest BCUT2D eigenvalue weighted by Gasteiger charge is 2.42. The van der Waals surface area contributed by atoms with Gasteiger partial charge in [0.05, 0.1) is 36.9 Å². The Balaban J connectivity index is 1.49. The molecule has 0 saturated carbocycles. The fourth-order valence-corrected chi connectivity index (χ4v) is 4.28. The first-order valence-corrected chi connectivity index (χ1v) is 11.0. The maximum Gasteiger partial charge on any atom is 0.349 e. The molecule has 0 atom stereocenters. The highest BCUT2D eigenvalue weighted by molar-refractivity contribution is 6.56. The van der Waals surface area contributed by atoms with Crippen molar-refractivity contribution in [3.05, 3.63) is 85.3 Å². The number of para-hydroxylation sites is 1. The summed E-state index contributed by atoms with van der Waals surface area (Å²) in [4.78, 5) is 38.8. The van der Waals surface area contributed by atoms with Gasteiger partial charge < -0.3 is 9.47 Å². The van der Waals surface area contributed by atoms with Crippen molar-refractivity contribution in [2.24, 2.45) is 0 Å². The van der Waals surface area contributed by atoms with E-state index in [1.807, 2.05) is 19.1 Å². The average molecular weight is 525 g/mol. The smallest absolute Gasteiger partial charge is 0.349 e. The molecular weight excluding hydrogens is 512 g/mol. The number of benzene rings is 3. The van der Waals surface area contributed by atoms with Gasteiger partial charge in [-0.25, -0.2) is 9.69 Å². The summed E-state index contributed by atoms with van der Waals surface area (Å²) in [6.07, 6.45) is 0. The summed E-state index contributed by atoms with van der Waals surface area (Å²) in [7, 11) is 0.